The number of hydrogen-bond donors (Lipinski definition) is 4. The maximum absolute atomic E-state index is 14.8. The van der Waals surface area contributed by atoms with E-state index in [1.165, 1.54) is 6.92 Å². The molecule has 2 amide bonds. The van der Waals surface area contributed by atoms with E-state index in [2.05, 4.69) is 31.6 Å². The lowest BCUT2D eigenvalue weighted by molar-refractivity contribution is -0.409. The Balaban J connectivity index is 1.15. The lowest BCUT2D eigenvalue weighted by Gasteiger charge is -2.54. The molecule has 6 rings (SSSR count). The van der Waals surface area contributed by atoms with Crippen molar-refractivity contribution in [3.63, 3.8) is 0 Å². The highest BCUT2D eigenvalue weighted by molar-refractivity contribution is 5.95. The SMILES string of the molecule is CCC(C(=O)NNC(=O)c1ccccc1)[C@H]1CC[C@H](C)[C@H](C(C)C(O)[C@H](C)C(=O)[C@H](CC)[C@H]2O[C@]3(C=C[C@@H](OC(C)=O)[C@]4(CC[C@@](C)([C@H]5CC[C@](O)(CC)C(C)O5)O4)O3)C(C)CC2C)O1. The van der Waals surface area contributed by atoms with Gasteiger partial charge in [0.2, 0.25) is 11.7 Å². The molecule has 4 saturated heterocycles. The summed E-state index contributed by atoms with van der Waals surface area (Å²) in [6, 6.07) is 8.65. The standard InChI is InChI=1S/C51H78N2O12/c1-12-37(47(58)53-52-46(57)36-18-16-15-17-19-36)39-21-20-29(4)44(62-39)33(8)42(55)32(7)43(56)38(13-2)45-30(5)28-31(6)50(63-45)25-23-41(61-35(10)54)51(65-50)27-26-48(11,64-51)40-22-24-49(59,14-3)34(9)60-40/h15-19,23,25,29-34,37-42,44-45,55,59H,12-14,20-22,24,26-28H2,1-11H3,(H,52,57)(H,53,58)/t29-,30?,31?,32-,33?,34?,37?,38-,39+,40+,41+,42?,44+,45-,48-,49+,50-,51-/m0/s1. The third-order valence-electron chi connectivity index (χ3n) is 16.1. The van der Waals surface area contributed by atoms with E-state index in [1.807, 2.05) is 59.8 Å². The van der Waals surface area contributed by atoms with E-state index in [4.69, 9.17) is 28.4 Å². The summed E-state index contributed by atoms with van der Waals surface area (Å²) in [4.78, 5) is 53.3. The summed E-state index contributed by atoms with van der Waals surface area (Å²) in [5, 5.41) is 23.2. The first-order valence-corrected chi connectivity index (χ1v) is 24.5. The van der Waals surface area contributed by atoms with Crippen molar-refractivity contribution < 1.29 is 57.8 Å². The Morgan fingerprint density at radius 3 is 2.18 bits per heavy atom. The number of carbonyl (C=O) groups excluding carboxylic acids is 4. The van der Waals surface area contributed by atoms with E-state index in [1.54, 1.807) is 31.2 Å². The van der Waals surface area contributed by atoms with Gasteiger partial charge in [-0.25, -0.2) is 0 Å². The van der Waals surface area contributed by atoms with Gasteiger partial charge in [0.1, 0.15) is 5.78 Å². The van der Waals surface area contributed by atoms with Crippen LogP contribution in [0.2, 0.25) is 0 Å². The number of ketones is 1. The quantitative estimate of drug-likeness (QED) is 0.0841. The average molecular weight is 911 g/mol. The van der Waals surface area contributed by atoms with Gasteiger partial charge in [0.05, 0.1) is 53.7 Å². The maximum atomic E-state index is 14.8. The molecule has 4 N–H and O–H groups in total. The van der Waals surface area contributed by atoms with Crippen molar-refractivity contribution in [2.45, 2.75) is 206 Å². The molecule has 6 unspecified atom stereocenters. The molecule has 5 heterocycles. The molecule has 5 aliphatic rings. The van der Waals surface area contributed by atoms with Crippen molar-refractivity contribution in [1.82, 2.24) is 10.9 Å². The Morgan fingerprint density at radius 1 is 0.862 bits per heavy atom. The Bertz CT molecular complexity index is 1860. The summed E-state index contributed by atoms with van der Waals surface area (Å²) >= 11 is 0. The highest BCUT2D eigenvalue weighted by Gasteiger charge is 2.64. The largest absolute Gasteiger partial charge is 0.453 e. The van der Waals surface area contributed by atoms with Crippen molar-refractivity contribution in [3.05, 3.63) is 48.0 Å². The smallest absolute Gasteiger partial charge is 0.303 e. The first kappa shape index (κ1) is 51.2. The van der Waals surface area contributed by atoms with E-state index in [0.29, 0.717) is 63.4 Å². The molecule has 2 spiro atoms. The first-order valence-electron chi connectivity index (χ1n) is 24.5. The number of hydrazine groups is 1. The summed E-state index contributed by atoms with van der Waals surface area (Å²) in [5.74, 6) is -6.51. The summed E-state index contributed by atoms with van der Waals surface area (Å²) in [6.07, 6.45) is 5.29. The van der Waals surface area contributed by atoms with Crippen LogP contribution in [-0.4, -0.2) is 99.3 Å². The van der Waals surface area contributed by atoms with E-state index in [9.17, 15) is 29.4 Å². The van der Waals surface area contributed by atoms with Gasteiger partial charge >= 0.3 is 5.97 Å². The molecule has 14 heteroatoms. The number of Topliss-reactive ketones (excluding diaryl/α,β-unsaturated/α-hetero) is 1. The van der Waals surface area contributed by atoms with Crippen LogP contribution in [-0.2, 0) is 42.8 Å². The fourth-order valence-corrected chi connectivity index (χ4v) is 11.7. The molecule has 364 valence electrons. The minimum absolute atomic E-state index is 0.0355. The number of carbonyl (C=O) groups is 4. The molecule has 0 aromatic heterocycles. The number of amides is 2. The van der Waals surface area contributed by atoms with Crippen LogP contribution < -0.4 is 10.9 Å². The molecule has 1 aromatic carbocycles. The van der Waals surface area contributed by atoms with Gasteiger partial charge in [0.25, 0.3) is 5.91 Å². The number of ether oxygens (including phenoxy) is 6. The maximum Gasteiger partial charge on any atom is 0.303 e. The Morgan fingerprint density at radius 2 is 1.55 bits per heavy atom. The van der Waals surface area contributed by atoms with Gasteiger partial charge in [0.15, 0.2) is 11.9 Å². The summed E-state index contributed by atoms with van der Waals surface area (Å²) < 4.78 is 40.3. The summed E-state index contributed by atoms with van der Waals surface area (Å²) in [7, 11) is 0. The van der Waals surface area contributed by atoms with Crippen LogP contribution in [0.5, 0.6) is 0 Å². The van der Waals surface area contributed by atoms with Crippen LogP contribution in [0.4, 0.5) is 0 Å². The lowest BCUT2D eigenvalue weighted by Crippen LogP contribution is -2.63. The minimum atomic E-state index is -1.40. The van der Waals surface area contributed by atoms with Crippen LogP contribution in [0.15, 0.2) is 42.5 Å². The predicted molar refractivity (Wildman–Crippen MR) is 243 cm³/mol. The number of aliphatic hydroxyl groups excluding tert-OH is 1. The average Bonchev–Trinajstić information content (AvgIpc) is 3.63. The Labute approximate surface area is 386 Å². The molecule has 5 aliphatic heterocycles. The lowest BCUT2D eigenvalue weighted by atomic mass is 9.72. The van der Waals surface area contributed by atoms with Crippen LogP contribution >= 0.6 is 0 Å². The van der Waals surface area contributed by atoms with Crippen molar-refractivity contribution in [2.24, 2.45) is 41.4 Å². The van der Waals surface area contributed by atoms with Gasteiger partial charge in [0, 0.05) is 42.6 Å². The topological polar surface area (TPSA) is 188 Å². The number of nitrogens with one attached hydrogen (secondary N) is 2. The van der Waals surface area contributed by atoms with Gasteiger partial charge in [-0.3, -0.25) is 30.0 Å². The van der Waals surface area contributed by atoms with Gasteiger partial charge in [-0.05, 0) is 108 Å². The van der Waals surface area contributed by atoms with Gasteiger partial charge in [-0.1, -0.05) is 73.6 Å². The highest BCUT2D eigenvalue weighted by Crippen LogP contribution is 2.54. The van der Waals surface area contributed by atoms with Crippen LogP contribution in [0.3, 0.4) is 0 Å². The molecule has 65 heavy (non-hydrogen) atoms. The van der Waals surface area contributed by atoms with Crippen molar-refractivity contribution >= 4 is 23.6 Å². The molecule has 0 radical (unpaired) electrons. The molecule has 14 nitrogen and oxygen atoms in total. The second-order valence-electron chi connectivity index (χ2n) is 20.5. The van der Waals surface area contributed by atoms with Crippen LogP contribution in [0.1, 0.15) is 151 Å². The molecule has 0 aliphatic carbocycles. The fraction of sp³-hybridized carbons (Fsp3) is 0.765. The van der Waals surface area contributed by atoms with E-state index < -0.39 is 94.9 Å². The minimum Gasteiger partial charge on any atom is -0.453 e. The predicted octanol–water partition coefficient (Wildman–Crippen LogP) is 7.14. The molecular formula is C51H78N2O12. The molecule has 18 atom stereocenters. The third kappa shape index (κ3) is 10.4. The second-order valence-corrected chi connectivity index (χ2v) is 20.5. The van der Waals surface area contributed by atoms with Crippen LogP contribution in [0.25, 0.3) is 0 Å². The fourth-order valence-electron chi connectivity index (χ4n) is 11.7. The van der Waals surface area contributed by atoms with E-state index in [0.717, 1.165) is 6.42 Å². The van der Waals surface area contributed by atoms with Crippen molar-refractivity contribution in [2.75, 3.05) is 0 Å². The van der Waals surface area contributed by atoms with Crippen molar-refractivity contribution in [1.29, 1.82) is 0 Å². The van der Waals surface area contributed by atoms with E-state index in [-0.39, 0.29) is 35.5 Å². The molecule has 0 bridgehead atoms. The zero-order chi connectivity index (χ0) is 47.6. The Kier molecular flexibility index (Phi) is 16.2. The van der Waals surface area contributed by atoms with E-state index >= 15 is 0 Å². The number of hydrogen-bond acceptors (Lipinski definition) is 12. The Hall–Kier alpha value is -3.24. The summed E-state index contributed by atoms with van der Waals surface area (Å²) in [5.41, 5.74) is 3.81. The highest BCUT2D eigenvalue weighted by atomic mass is 16.8. The van der Waals surface area contributed by atoms with Gasteiger partial charge < -0.3 is 38.6 Å². The molecule has 1 aromatic rings. The van der Waals surface area contributed by atoms with Crippen molar-refractivity contribution in [3.8, 4) is 0 Å². The van der Waals surface area contributed by atoms with Crippen LogP contribution in [0, 0.1) is 41.4 Å². The normalized spacial score (nSPS) is 39.5. The summed E-state index contributed by atoms with van der Waals surface area (Å²) in [6.45, 7) is 21.0. The number of esters is 1. The van der Waals surface area contributed by atoms with Gasteiger partial charge in [-0.15, -0.1) is 0 Å². The molecular weight excluding hydrogens is 833 g/mol. The van der Waals surface area contributed by atoms with Gasteiger partial charge in [-0.2, -0.15) is 0 Å². The second kappa shape index (κ2) is 20.5. The molecule has 0 saturated carbocycles. The third-order valence-corrected chi connectivity index (χ3v) is 16.1. The number of rotatable bonds is 14. The zero-order valence-corrected chi connectivity index (χ0v) is 40.7. The number of benzene rings is 1. The molecule has 4 fully saturated rings. The zero-order valence-electron chi connectivity index (χ0n) is 40.7. The first-order chi connectivity index (χ1) is 30.7. The monoisotopic (exact) mass is 911 g/mol. The number of aliphatic hydroxyl groups is 2.